The number of halogens is 2. The highest BCUT2D eigenvalue weighted by Gasteiger charge is 2.11. The molecule has 0 bridgehead atoms. The number of hydrogen-bond donors (Lipinski definition) is 2. The largest absolute Gasteiger partial charge is 0.496 e. The van der Waals surface area contributed by atoms with E-state index in [9.17, 15) is 4.39 Å². The Balaban J connectivity index is 0.00000338. The Hall–Kier alpha value is -1.83. The van der Waals surface area contributed by atoms with Crippen LogP contribution in [0.25, 0.3) is 0 Å². The Bertz CT molecular complexity index is 709. The van der Waals surface area contributed by atoms with Crippen LogP contribution < -0.4 is 15.4 Å². The minimum atomic E-state index is -0.203. The summed E-state index contributed by atoms with van der Waals surface area (Å²) in [6.07, 6.45) is 0.737. The average molecular weight is 471 g/mol. The monoisotopic (exact) mass is 471 g/mol. The van der Waals surface area contributed by atoms with Crippen LogP contribution >= 0.6 is 24.0 Å². The van der Waals surface area contributed by atoms with Crippen molar-refractivity contribution < 1.29 is 9.13 Å². The molecule has 0 aliphatic heterocycles. The Labute approximate surface area is 172 Å². The van der Waals surface area contributed by atoms with Gasteiger partial charge in [0, 0.05) is 26.1 Å². The van der Waals surface area contributed by atoms with Gasteiger partial charge in [0.05, 0.1) is 7.11 Å². The van der Waals surface area contributed by atoms with Crippen molar-refractivity contribution >= 4 is 29.9 Å². The zero-order valence-corrected chi connectivity index (χ0v) is 17.8. The minimum Gasteiger partial charge on any atom is -0.496 e. The summed E-state index contributed by atoms with van der Waals surface area (Å²) in [7, 11) is 3.43. The van der Waals surface area contributed by atoms with Gasteiger partial charge in [0.2, 0.25) is 0 Å². The van der Waals surface area contributed by atoms with Crippen molar-refractivity contribution in [2.75, 3.05) is 27.2 Å². The molecule has 2 aromatic carbocycles. The molecule has 0 aliphatic rings. The van der Waals surface area contributed by atoms with Gasteiger partial charge in [-0.1, -0.05) is 37.3 Å². The van der Waals surface area contributed by atoms with Gasteiger partial charge in [-0.3, -0.25) is 4.99 Å². The molecule has 0 aromatic heterocycles. The van der Waals surface area contributed by atoms with E-state index in [0.717, 1.165) is 35.8 Å². The lowest BCUT2D eigenvalue weighted by Gasteiger charge is -2.18. The molecule has 2 N–H and O–H groups in total. The van der Waals surface area contributed by atoms with Crippen molar-refractivity contribution in [3.63, 3.8) is 0 Å². The zero-order chi connectivity index (χ0) is 18.1. The van der Waals surface area contributed by atoms with Crippen LogP contribution in [0, 0.1) is 5.82 Å². The van der Waals surface area contributed by atoms with Crippen LogP contribution in [0.3, 0.4) is 0 Å². The molecule has 0 saturated carbocycles. The standard InChI is InChI=1S/C20H26FN3O.HI/c1-15(18-9-4-5-10-19(18)25-3)14-24-20(22-2)23-12-11-16-7-6-8-17(21)13-16;/h4-10,13,15H,11-12,14H2,1-3H3,(H2,22,23,24);1H. The topological polar surface area (TPSA) is 45.7 Å². The van der Waals surface area contributed by atoms with Crippen molar-refractivity contribution in [2.45, 2.75) is 19.3 Å². The molecule has 0 radical (unpaired) electrons. The van der Waals surface area contributed by atoms with Crippen LogP contribution in [-0.2, 0) is 6.42 Å². The van der Waals surface area contributed by atoms with Crippen molar-refractivity contribution in [1.82, 2.24) is 10.6 Å². The summed E-state index contributed by atoms with van der Waals surface area (Å²) in [5.74, 6) is 1.70. The Morgan fingerprint density at radius 3 is 2.62 bits per heavy atom. The molecule has 0 amide bonds. The first-order chi connectivity index (χ1) is 12.1. The molecular formula is C20H27FIN3O. The van der Waals surface area contributed by atoms with E-state index >= 15 is 0 Å². The van der Waals surface area contributed by atoms with Gasteiger partial charge in [0.1, 0.15) is 11.6 Å². The first-order valence-corrected chi connectivity index (χ1v) is 8.46. The number of aliphatic imine (C=N–C) groups is 1. The molecule has 1 atom stereocenters. The second kappa shape index (κ2) is 11.7. The van der Waals surface area contributed by atoms with Gasteiger partial charge in [0.15, 0.2) is 5.96 Å². The van der Waals surface area contributed by atoms with Gasteiger partial charge in [0.25, 0.3) is 0 Å². The van der Waals surface area contributed by atoms with Gasteiger partial charge in [-0.15, -0.1) is 24.0 Å². The number of hydrogen-bond acceptors (Lipinski definition) is 2. The fraction of sp³-hybridized carbons (Fsp3) is 0.350. The highest BCUT2D eigenvalue weighted by Crippen LogP contribution is 2.25. The lowest BCUT2D eigenvalue weighted by molar-refractivity contribution is 0.406. The normalized spacial score (nSPS) is 12.1. The summed E-state index contributed by atoms with van der Waals surface area (Å²) in [4.78, 5) is 4.23. The van der Waals surface area contributed by atoms with Crippen LogP contribution in [0.5, 0.6) is 5.75 Å². The van der Waals surface area contributed by atoms with Crippen LogP contribution in [0.15, 0.2) is 53.5 Å². The molecule has 142 valence electrons. The summed E-state index contributed by atoms with van der Waals surface area (Å²) in [5.41, 5.74) is 2.12. The summed E-state index contributed by atoms with van der Waals surface area (Å²) >= 11 is 0. The molecule has 0 fully saturated rings. The lowest BCUT2D eigenvalue weighted by atomic mass is 10.0. The molecule has 0 heterocycles. The Morgan fingerprint density at radius 1 is 1.15 bits per heavy atom. The average Bonchev–Trinajstić information content (AvgIpc) is 2.64. The van der Waals surface area contributed by atoms with Crippen LogP contribution in [0.2, 0.25) is 0 Å². The summed E-state index contributed by atoms with van der Waals surface area (Å²) < 4.78 is 18.6. The number of nitrogens with one attached hydrogen (secondary N) is 2. The van der Waals surface area contributed by atoms with Crippen molar-refractivity contribution in [3.8, 4) is 5.75 Å². The van der Waals surface area contributed by atoms with E-state index in [1.165, 1.54) is 6.07 Å². The first kappa shape index (κ1) is 22.2. The molecular weight excluding hydrogens is 444 g/mol. The van der Waals surface area contributed by atoms with E-state index in [4.69, 9.17) is 4.74 Å². The number of benzene rings is 2. The van der Waals surface area contributed by atoms with E-state index in [1.54, 1.807) is 26.3 Å². The maximum atomic E-state index is 13.2. The van der Waals surface area contributed by atoms with Gasteiger partial charge in [-0.25, -0.2) is 4.39 Å². The third-order valence-corrected chi connectivity index (χ3v) is 4.06. The van der Waals surface area contributed by atoms with Gasteiger partial charge < -0.3 is 15.4 Å². The highest BCUT2D eigenvalue weighted by molar-refractivity contribution is 14.0. The summed E-state index contributed by atoms with van der Waals surface area (Å²) in [6, 6.07) is 14.7. The van der Waals surface area contributed by atoms with Gasteiger partial charge >= 0.3 is 0 Å². The van der Waals surface area contributed by atoms with E-state index in [1.807, 2.05) is 24.3 Å². The Morgan fingerprint density at radius 2 is 1.92 bits per heavy atom. The first-order valence-electron chi connectivity index (χ1n) is 8.46. The maximum Gasteiger partial charge on any atom is 0.191 e. The molecule has 0 aliphatic carbocycles. The molecule has 0 spiro atoms. The third kappa shape index (κ3) is 6.82. The predicted molar refractivity (Wildman–Crippen MR) is 116 cm³/mol. The maximum absolute atomic E-state index is 13.2. The SMILES string of the molecule is CN=C(NCCc1cccc(F)c1)NCC(C)c1ccccc1OC.I. The smallest absolute Gasteiger partial charge is 0.191 e. The molecule has 6 heteroatoms. The fourth-order valence-corrected chi connectivity index (χ4v) is 2.67. The molecule has 2 aromatic rings. The van der Waals surface area contributed by atoms with E-state index in [-0.39, 0.29) is 35.7 Å². The quantitative estimate of drug-likeness (QED) is 0.365. The van der Waals surface area contributed by atoms with Crippen LogP contribution in [-0.4, -0.2) is 33.2 Å². The minimum absolute atomic E-state index is 0. The number of ether oxygens (including phenoxy) is 1. The van der Waals surface area contributed by atoms with E-state index in [0.29, 0.717) is 6.54 Å². The van der Waals surface area contributed by atoms with E-state index < -0.39 is 0 Å². The number of guanidine groups is 1. The predicted octanol–water partition coefficient (Wildman–Crippen LogP) is 3.96. The number of rotatable bonds is 7. The number of para-hydroxylation sites is 1. The second-order valence-electron chi connectivity index (χ2n) is 5.90. The molecule has 2 rings (SSSR count). The number of nitrogens with zero attached hydrogens (tertiary/aromatic N) is 1. The molecule has 0 saturated heterocycles. The Kier molecular flexibility index (Phi) is 10.0. The van der Waals surface area contributed by atoms with E-state index in [2.05, 4.69) is 28.6 Å². The van der Waals surface area contributed by atoms with Gasteiger partial charge in [-0.05, 0) is 35.7 Å². The van der Waals surface area contributed by atoms with Crippen LogP contribution in [0.1, 0.15) is 24.0 Å². The molecule has 1 unspecified atom stereocenters. The van der Waals surface area contributed by atoms with Gasteiger partial charge in [-0.2, -0.15) is 0 Å². The van der Waals surface area contributed by atoms with Crippen molar-refractivity contribution in [1.29, 1.82) is 0 Å². The summed E-state index contributed by atoms with van der Waals surface area (Å²) in [6.45, 7) is 3.57. The third-order valence-electron chi connectivity index (χ3n) is 4.06. The summed E-state index contributed by atoms with van der Waals surface area (Å²) in [5, 5.41) is 6.58. The zero-order valence-electron chi connectivity index (χ0n) is 15.5. The van der Waals surface area contributed by atoms with Crippen LogP contribution in [0.4, 0.5) is 4.39 Å². The number of methoxy groups -OCH3 is 1. The molecule has 4 nitrogen and oxygen atoms in total. The second-order valence-corrected chi connectivity index (χ2v) is 5.90. The molecule has 26 heavy (non-hydrogen) atoms. The fourth-order valence-electron chi connectivity index (χ4n) is 2.67. The lowest BCUT2D eigenvalue weighted by Crippen LogP contribution is -2.39. The van der Waals surface area contributed by atoms with Crippen molar-refractivity contribution in [2.24, 2.45) is 4.99 Å². The van der Waals surface area contributed by atoms with Crippen molar-refractivity contribution in [3.05, 3.63) is 65.5 Å². The highest BCUT2D eigenvalue weighted by atomic mass is 127.